The number of sulfonamides is 1. The van der Waals surface area contributed by atoms with Gasteiger partial charge in [0.2, 0.25) is 0 Å². The molecule has 0 spiro atoms. The van der Waals surface area contributed by atoms with Gasteiger partial charge in [-0.05, 0) is 31.2 Å². The number of ether oxygens (including phenoxy) is 1. The number of methoxy groups -OCH3 is 1. The topological polar surface area (TPSA) is 71.9 Å². The summed E-state index contributed by atoms with van der Waals surface area (Å²) in [5.74, 6) is -0.0711. The van der Waals surface area contributed by atoms with E-state index in [1.807, 2.05) is 0 Å². The zero-order valence-corrected chi connectivity index (χ0v) is 12.6. The van der Waals surface area contributed by atoms with Crippen molar-refractivity contribution in [2.45, 2.75) is 11.8 Å². The molecule has 0 aliphatic carbocycles. The van der Waals surface area contributed by atoms with Gasteiger partial charge in [0.1, 0.15) is 10.7 Å². The average molecular weight is 321 g/mol. The number of anilines is 2. The van der Waals surface area contributed by atoms with Crippen molar-refractivity contribution in [3.05, 3.63) is 42.3 Å². The van der Waals surface area contributed by atoms with E-state index in [4.69, 9.17) is 4.74 Å². The summed E-state index contributed by atoms with van der Waals surface area (Å²) in [4.78, 5) is 5.58. The van der Waals surface area contributed by atoms with Crippen LogP contribution in [0.2, 0.25) is 0 Å². The van der Waals surface area contributed by atoms with E-state index in [2.05, 4.69) is 9.38 Å². The van der Waals surface area contributed by atoms with E-state index in [1.54, 1.807) is 6.07 Å². The lowest BCUT2D eigenvalue weighted by Crippen LogP contribution is -2.30. The van der Waals surface area contributed by atoms with Gasteiger partial charge in [-0.3, -0.25) is 4.90 Å². The Kier molecular flexibility index (Phi) is 3.32. The number of rotatable bonds is 2. The van der Waals surface area contributed by atoms with E-state index in [-0.39, 0.29) is 22.3 Å². The Labute approximate surface area is 126 Å². The van der Waals surface area contributed by atoms with Gasteiger partial charge in [-0.2, -0.15) is 8.42 Å². The van der Waals surface area contributed by atoms with E-state index in [1.165, 1.54) is 49.4 Å². The minimum atomic E-state index is -3.79. The largest absolute Gasteiger partial charge is 0.494 e. The number of hydrogen-bond acceptors (Lipinski definition) is 5. The van der Waals surface area contributed by atoms with Crippen LogP contribution in [0.4, 0.5) is 15.9 Å². The van der Waals surface area contributed by atoms with Gasteiger partial charge in [-0.1, -0.05) is 0 Å². The molecule has 3 rings (SSSR count). The number of fused-ring (bicyclic) bond motifs is 1. The van der Waals surface area contributed by atoms with Gasteiger partial charge in [0.15, 0.2) is 17.4 Å². The molecule has 0 saturated heterocycles. The second-order valence-electron chi connectivity index (χ2n) is 4.59. The highest BCUT2D eigenvalue weighted by Crippen LogP contribution is 2.36. The van der Waals surface area contributed by atoms with Crippen molar-refractivity contribution >= 4 is 27.4 Å². The van der Waals surface area contributed by atoms with Crippen molar-refractivity contribution in [2.75, 3.05) is 12.0 Å². The van der Waals surface area contributed by atoms with Crippen LogP contribution >= 0.6 is 0 Å². The van der Waals surface area contributed by atoms with Crippen LogP contribution < -0.4 is 9.64 Å². The summed E-state index contributed by atoms with van der Waals surface area (Å²) in [5, 5.41) is 0. The molecule has 1 aliphatic rings. The smallest absolute Gasteiger partial charge is 0.287 e. The number of nitrogens with zero attached hydrogens (tertiary/aromatic N) is 3. The second-order valence-corrected chi connectivity index (χ2v) is 6.17. The summed E-state index contributed by atoms with van der Waals surface area (Å²) in [6, 6.07) is 7.25. The molecule has 0 atom stereocenters. The number of halogens is 1. The van der Waals surface area contributed by atoms with Gasteiger partial charge in [-0.25, -0.2) is 9.37 Å². The highest BCUT2D eigenvalue weighted by Gasteiger charge is 2.31. The van der Waals surface area contributed by atoms with Gasteiger partial charge in [-0.15, -0.1) is 4.40 Å². The average Bonchev–Trinajstić information content (AvgIpc) is 2.47. The predicted molar refractivity (Wildman–Crippen MR) is 79.6 cm³/mol. The van der Waals surface area contributed by atoms with Crippen LogP contribution in [0, 0.1) is 5.82 Å². The summed E-state index contributed by atoms with van der Waals surface area (Å²) < 4.78 is 46.7. The lowest BCUT2D eigenvalue weighted by molar-refractivity contribution is 0.386. The zero-order valence-electron chi connectivity index (χ0n) is 11.8. The molecule has 6 nitrogen and oxygen atoms in total. The lowest BCUT2D eigenvalue weighted by Gasteiger charge is -2.28. The first kappa shape index (κ1) is 14.5. The number of benzene rings is 1. The molecule has 2 heterocycles. The Bertz CT molecular complexity index is 881. The van der Waals surface area contributed by atoms with E-state index in [0.717, 1.165) is 0 Å². The Morgan fingerprint density at radius 1 is 1.27 bits per heavy atom. The SMILES string of the molecule is COc1ccc(N2C(C)=NS(=O)(=O)c3cccnc32)cc1F. The molecule has 0 fully saturated rings. The molecule has 0 saturated carbocycles. The molecular formula is C14H12FN3O3S. The quantitative estimate of drug-likeness (QED) is 0.850. The number of amidine groups is 1. The fourth-order valence-electron chi connectivity index (χ4n) is 2.27. The highest BCUT2D eigenvalue weighted by atomic mass is 32.2. The van der Waals surface area contributed by atoms with Crippen LogP contribution in [0.1, 0.15) is 6.92 Å². The van der Waals surface area contributed by atoms with Crippen molar-refractivity contribution < 1.29 is 17.5 Å². The van der Waals surface area contributed by atoms with Crippen LogP contribution in [-0.2, 0) is 10.0 Å². The molecular weight excluding hydrogens is 309 g/mol. The molecule has 1 aromatic heterocycles. The second kappa shape index (κ2) is 5.06. The maximum Gasteiger partial charge on any atom is 0.287 e. The minimum absolute atomic E-state index is 0.0168. The van der Waals surface area contributed by atoms with Gasteiger partial charge in [0.05, 0.1) is 12.8 Å². The third kappa shape index (κ3) is 2.21. The first-order valence-electron chi connectivity index (χ1n) is 6.34. The molecule has 1 aliphatic heterocycles. The molecule has 0 unspecified atom stereocenters. The fraction of sp³-hybridized carbons (Fsp3) is 0.143. The first-order chi connectivity index (χ1) is 10.4. The maximum absolute atomic E-state index is 13.9. The summed E-state index contributed by atoms with van der Waals surface area (Å²) in [7, 11) is -2.42. The molecule has 0 bridgehead atoms. The van der Waals surface area contributed by atoms with E-state index < -0.39 is 15.8 Å². The Morgan fingerprint density at radius 2 is 2.05 bits per heavy atom. The first-order valence-corrected chi connectivity index (χ1v) is 7.78. The molecule has 1 aromatic carbocycles. The van der Waals surface area contributed by atoms with E-state index in [9.17, 15) is 12.8 Å². The molecule has 8 heteroatoms. The minimum Gasteiger partial charge on any atom is -0.494 e. The predicted octanol–water partition coefficient (Wildman–Crippen LogP) is 2.49. The molecule has 22 heavy (non-hydrogen) atoms. The summed E-state index contributed by atoms with van der Waals surface area (Å²) in [6.07, 6.45) is 1.47. The van der Waals surface area contributed by atoms with Crippen molar-refractivity contribution in [3.63, 3.8) is 0 Å². The monoisotopic (exact) mass is 321 g/mol. The molecule has 2 aromatic rings. The molecule has 0 radical (unpaired) electrons. The van der Waals surface area contributed by atoms with Crippen LogP contribution in [0.25, 0.3) is 0 Å². The van der Waals surface area contributed by atoms with Crippen molar-refractivity contribution in [1.29, 1.82) is 0 Å². The summed E-state index contributed by atoms with van der Waals surface area (Å²) in [5.41, 5.74) is 0.411. The van der Waals surface area contributed by atoms with Gasteiger partial charge < -0.3 is 4.74 Å². The van der Waals surface area contributed by atoms with Crippen LogP contribution in [0.15, 0.2) is 45.8 Å². The van der Waals surface area contributed by atoms with Crippen LogP contribution in [0.3, 0.4) is 0 Å². The van der Waals surface area contributed by atoms with Crippen molar-refractivity contribution in [3.8, 4) is 5.75 Å². The summed E-state index contributed by atoms with van der Waals surface area (Å²) >= 11 is 0. The Balaban J connectivity index is 2.21. The maximum atomic E-state index is 13.9. The third-order valence-corrected chi connectivity index (χ3v) is 4.59. The lowest BCUT2D eigenvalue weighted by atomic mass is 10.2. The number of hydrogen-bond donors (Lipinski definition) is 0. The van der Waals surface area contributed by atoms with Crippen LogP contribution in [-0.4, -0.2) is 26.3 Å². The number of pyridine rings is 1. The molecule has 0 N–H and O–H groups in total. The molecule has 0 amide bonds. The number of aromatic nitrogens is 1. The third-order valence-electron chi connectivity index (χ3n) is 3.21. The Hall–Kier alpha value is -2.48. The van der Waals surface area contributed by atoms with Gasteiger partial charge >= 0.3 is 0 Å². The standard InChI is InChI=1S/C14H12FN3O3S/c1-9-17-22(19,20)13-4-3-7-16-14(13)18(9)10-5-6-12(21-2)11(15)8-10/h3-8H,1-2H3. The Morgan fingerprint density at radius 3 is 2.73 bits per heavy atom. The van der Waals surface area contributed by atoms with E-state index >= 15 is 0 Å². The zero-order chi connectivity index (χ0) is 15.9. The fourth-order valence-corrected chi connectivity index (χ4v) is 3.43. The normalized spacial score (nSPS) is 16.0. The highest BCUT2D eigenvalue weighted by molar-refractivity contribution is 7.90. The van der Waals surface area contributed by atoms with Crippen molar-refractivity contribution in [1.82, 2.24) is 4.98 Å². The molecule has 114 valence electrons. The van der Waals surface area contributed by atoms with Gasteiger partial charge in [0, 0.05) is 12.3 Å². The van der Waals surface area contributed by atoms with Crippen molar-refractivity contribution in [2.24, 2.45) is 4.40 Å². The van der Waals surface area contributed by atoms with E-state index in [0.29, 0.717) is 5.69 Å². The van der Waals surface area contributed by atoms with Gasteiger partial charge in [0.25, 0.3) is 10.0 Å². The summed E-state index contributed by atoms with van der Waals surface area (Å²) in [6.45, 7) is 1.53. The van der Waals surface area contributed by atoms with Crippen LogP contribution in [0.5, 0.6) is 5.75 Å².